The van der Waals surface area contributed by atoms with Gasteiger partial charge in [0.15, 0.2) is 0 Å². The molecule has 1 saturated heterocycles. The van der Waals surface area contributed by atoms with E-state index in [0.717, 1.165) is 37.9 Å². The van der Waals surface area contributed by atoms with Gasteiger partial charge in [0.25, 0.3) is 0 Å². The molecule has 0 spiro atoms. The van der Waals surface area contributed by atoms with E-state index >= 15 is 0 Å². The van der Waals surface area contributed by atoms with Crippen LogP contribution in [0.3, 0.4) is 0 Å². The van der Waals surface area contributed by atoms with Crippen LogP contribution in [0.5, 0.6) is 0 Å². The van der Waals surface area contributed by atoms with Crippen LogP contribution in [0.25, 0.3) is 0 Å². The average Bonchev–Trinajstić information content (AvgIpc) is 3.07. The van der Waals surface area contributed by atoms with E-state index in [1.807, 2.05) is 0 Å². The van der Waals surface area contributed by atoms with Gasteiger partial charge >= 0.3 is 0 Å². The summed E-state index contributed by atoms with van der Waals surface area (Å²) in [5.41, 5.74) is 2.68. The zero-order valence-electron chi connectivity index (χ0n) is 12.3. The molecule has 3 nitrogen and oxygen atoms in total. The fraction of sp³-hybridized carbons (Fsp3) is 0.588. The average molecular weight is 307 g/mol. The number of carbonyl (C=O) groups excluding carboxylic acids is 1. The maximum absolute atomic E-state index is 12.7. The number of benzene rings is 1. The summed E-state index contributed by atoms with van der Waals surface area (Å²) in [5, 5.41) is 3.43. The van der Waals surface area contributed by atoms with Gasteiger partial charge in [0, 0.05) is 19.6 Å². The predicted octanol–water partition coefficient (Wildman–Crippen LogP) is 2.38. The fourth-order valence-electron chi connectivity index (χ4n) is 4.26. The molecule has 4 heteroatoms. The Morgan fingerprint density at radius 1 is 1.10 bits per heavy atom. The molecule has 1 aliphatic carbocycles. The van der Waals surface area contributed by atoms with Crippen molar-refractivity contribution in [2.24, 2.45) is 11.8 Å². The molecule has 114 valence electrons. The number of nitrogens with one attached hydrogen (secondary N) is 1. The summed E-state index contributed by atoms with van der Waals surface area (Å²) in [5.74, 6) is 1.90. The predicted molar refractivity (Wildman–Crippen MR) is 85.4 cm³/mol. The Balaban J connectivity index is 0.00000132. The van der Waals surface area contributed by atoms with Gasteiger partial charge < -0.3 is 10.2 Å². The number of carbonyl (C=O) groups is 1. The molecule has 1 aromatic carbocycles. The van der Waals surface area contributed by atoms with E-state index in [1.54, 1.807) is 0 Å². The maximum atomic E-state index is 12.7. The third kappa shape index (κ3) is 2.69. The number of likely N-dealkylation sites (tertiary alicyclic amines) is 1. The molecule has 0 aromatic heterocycles. The molecule has 1 N–H and O–H groups in total. The first-order chi connectivity index (χ1) is 9.81. The summed E-state index contributed by atoms with van der Waals surface area (Å²) in [6.45, 7) is 2.83. The lowest BCUT2D eigenvalue weighted by Crippen LogP contribution is -2.49. The number of hydrogen-bond acceptors (Lipinski definition) is 2. The van der Waals surface area contributed by atoms with Crippen LogP contribution in [0, 0.1) is 11.8 Å². The van der Waals surface area contributed by atoms with E-state index in [0.29, 0.717) is 5.91 Å². The summed E-state index contributed by atoms with van der Waals surface area (Å²) in [7, 11) is 0. The van der Waals surface area contributed by atoms with Crippen LogP contribution in [0.2, 0.25) is 0 Å². The monoisotopic (exact) mass is 306 g/mol. The Morgan fingerprint density at radius 2 is 1.76 bits per heavy atom. The molecule has 3 unspecified atom stereocenters. The Bertz CT molecular complexity index is 521. The zero-order valence-corrected chi connectivity index (χ0v) is 13.1. The lowest BCUT2D eigenvalue weighted by molar-refractivity contribution is -0.132. The Hall–Kier alpha value is -1.06. The van der Waals surface area contributed by atoms with E-state index in [4.69, 9.17) is 0 Å². The summed E-state index contributed by atoms with van der Waals surface area (Å²) < 4.78 is 0. The van der Waals surface area contributed by atoms with Crippen LogP contribution in [0.15, 0.2) is 24.3 Å². The lowest BCUT2D eigenvalue weighted by atomic mass is 9.95. The molecule has 1 amide bonds. The normalized spacial score (nSPS) is 30.5. The van der Waals surface area contributed by atoms with Crippen LogP contribution < -0.4 is 5.32 Å². The highest BCUT2D eigenvalue weighted by atomic mass is 35.5. The van der Waals surface area contributed by atoms with Crippen molar-refractivity contribution in [3.05, 3.63) is 35.4 Å². The fourth-order valence-corrected chi connectivity index (χ4v) is 4.26. The van der Waals surface area contributed by atoms with Gasteiger partial charge in [-0.3, -0.25) is 4.79 Å². The second kappa shape index (κ2) is 5.98. The number of halogens is 1. The molecule has 0 bridgehead atoms. The topological polar surface area (TPSA) is 32.3 Å². The van der Waals surface area contributed by atoms with Crippen molar-refractivity contribution >= 4 is 18.3 Å². The minimum atomic E-state index is -0.0104. The van der Waals surface area contributed by atoms with Crippen molar-refractivity contribution in [2.45, 2.75) is 38.3 Å². The van der Waals surface area contributed by atoms with Crippen LogP contribution >= 0.6 is 12.4 Å². The molecular weight excluding hydrogens is 284 g/mol. The highest BCUT2D eigenvalue weighted by Crippen LogP contribution is 2.38. The van der Waals surface area contributed by atoms with Crippen molar-refractivity contribution in [3.63, 3.8) is 0 Å². The second-order valence-corrected chi connectivity index (χ2v) is 6.60. The smallest absolute Gasteiger partial charge is 0.240 e. The van der Waals surface area contributed by atoms with Crippen LogP contribution in [0.4, 0.5) is 0 Å². The van der Waals surface area contributed by atoms with Crippen LogP contribution in [-0.4, -0.2) is 29.9 Å². The summed E-state index contributed by atoms with van der Waals surface area (Å²) in [4.78, 5) is 14.8. The molecule has 4 rings (SSSR count). The molecular formula is C17H23ClN2O. The summed E-state index contributed by atoms with van der Waals surface area (Å²) in [6.07, 6.45) is 4.87. The highest BCUT2D eigenvalue weighted by molar-refractivity contribution is 5.85. The number of nitrogens with zero attached hydrogens (tertiary/aromatic N) is 1. The van der Waals surface area contributed by atoms with Gasteiger partial charge in [0.2, 0.25) is 5.91 Å². The molecule has 0 radical (unpaired) electrons. The second-order valence-electron chi connectivity index (χ2n) is 6.60. The molecule has 1 aromatic rings. The standard InChI is InChI=1S/C17H22N2O.ClH/c20-17(19-10-14-6-3-7-15(14)11-19)16-8-12-4-1-2-5-13(12)9-18-16;/h1-2,4-5,14-16,18H,3,6-11H2;1H. The highest BCUT2D eigenvalue weighted by Gasteiger charge is 2.40. The lowest BCUT2D eigenvalue weighted by Gasteiger charge is -2.29. The van der Waals surface area contributed by atoms with Crippen molar-refractivity contribution < 1.29 is 4.79 Å². The van der Waals surface area contributed by atoms with E-state index in [-0.39, 0.29) is 18.4 Å². The minimum absolute atomic E-state index is 0. The van der Waals surface area contributed by atoms with Gasteiger partial charge in [-0.2, -0.15) is 0 Å². The first-order valence-electron chi connectivity index (χ1n) is 7.90. The first-order valence-corrected chi connectivity index (χ1v) is 7.90. The van der Waals surface area contributed by atoms with Crippen molar-refractivity contribution in [1.82, 2.24) is 10.2 Å². The third-order valence-electron chi connectivity index (χ3n) is 5.42. The SMILES string of the molecule is Cl.O=C(C1Cc2ccccc2CN1)N1CC2CCCC2C1. The third-order valence-corrected chi connectivity index (χ3v) is 5.42. The largest absolute Gasteiger partial charge is 0.341 e. The molecule has 2 fully saturated rings. The summed E-state index contributed by atoms with van der Waals surface area (Å²) >= 11 is 0. The van der Waals surface area contributed by atoms with E-state index in [1.165, 1.54) is 30.4 Å². The van der Waals surface area contributed by atoms with Gasteiger partial charge in [-0.25, -0.2) is 0 Å². The van der Waals surface area contributed by atoms with Crippen LogP contribution in [-0.2, 0) is 17.8 Å². The number of rotatable bonds is 1. The minimum Gasteiger partial charge on any atom is -0.341 e. The molecule has 2 heterocycles. The summed E-state index contributed by atoms with van der Waals surface area (Å²) in [6, 6.07) is 8.46. The van der Waals surface area contributed by atoms with Crippen molar-refractivity contribution in [2.75, 3.05) is 13.1 Å². The number of fused-ring (bicyclic) bond motifs is 2. The Labute approximate surface area is 132 Å². The molecule has 3 atom stereocenters. The van der Waals surface area contributed by atoms with E-state index < -0.39 is 0 Å². The zero-order chi connectivity index (χ0) is 13.5. The van der Waals surface area contributed by atoms with Gasteiger partial charge in [-0.15, -0.1) is 12.4 Å². The Morgan fingerprint density at radius 3 is 2.48 bits per heavy atom. The van der Waals surface area contributed by atoms with Crippen molar-refractivity contribution in [3.8, 4) is 0 Å². The van der Waals surface area contributed by atoms with Gasteiger partial charge in [0.1, 0.15) is 0 Å². The number of hydrogen-bond donors (Lipinski definition) is 1. The molecule has 3 aliphatic rings. The molecule has 1 saturated carbocycles. The van der Waals surface area contributed by atoms with Gasteiger partial charge in [-0.05, 0) is 42.2 Å². The quantitative estimate of drug-likeness (QED) is 0.864. The van der Waals surface area contributed by atoms with Gasteiger partial charge in [-0.1, -0.05) is 30.7 Å². The van der Waals surface area contributed by atoms with Crippen molar-refractivity contribution in [1.29, 1.82) is 0 Å². The van der Waals surface area contributed by atoms with E-state index in [2.05, 4.69) is 34.5 Å². The Kier molecular flexibility index (Phi) is 4.23. The van der Waals surface area contributed by atoms with E-state index in [9.17, 15) is 4.79 Å². The van der Waals surface area contributed by atoms with Gasteiger partial charge in [0.05, 0.1) is 6.04 Å². The maximum Gasteiger partial charge on any atom is 0.240 e. The first kappa shape index (κ1) is 14.9. The number of amides is 1. The van der Waals surface area contributed by atoms with Crippen LogP contribution in [0.1, 0.15) is 30.4 Å². The molecule has 21 heavy (non-hydrogen) atoms. The molecule has 2 aliphatic heterocycles.